The van der Waals surface area contributed by atoms with Crippen molar-refractivity contribution in [2.24, 2.45) is 0 Å². The highest BCUT2D eigenvalue weighted by molar-refractivity contribution is 7.18. The first-order chi connectivity index (χ1) is 10.2. The van der Waals surface area contributed by atoms with Gasteiger partial charge in [0.15, 0.2) is 15.2 Å². The molecule has 0 saturated carbocycles. The molecule has 2 aliphatic rings. The van der Waals surface area contributed by atoms with Gasteiger partial charge in [-0.1, -0.05) is 22.9 Å². The highest BCUT2D eigenvalue weighted by Gasteiger charge is 2.31. The molecule has 0 spiro atoms. The molecular formula is C13H18ClN3O3S. The summed E-state index contributed by atoms with van der Waals surface area (Å²) in [7, 11) is 1.35. The number of carbonyl (C=O) groups excluding carboxylic acids is 1. The molecule has 1 aromatic heterocycles. The molecule has 0 N–H and O–H groups in total. The fourth-order valence-corrected chi connectivity index (χ4v) is 4.04. The molecule has 8 heteroatoms. The van der Waals surface area contributed by atoms with Crippen LogP contribution in [0.15, 0.2) is 0 Å². The zero-order valence-electron chi connectivity index (χ0n) is 11.9. The summed E-state index contributed by atoms with van der Waals surface area (Å²) in [5.74, 6) is -0.423. The fourth-order valence-electron chi connectivity index (χ4n) is 2.80. The number of nitrogens with zero attached hydrogens (tertiary/aromatic N) is 3. The average Bonchev–Trinajstić information content (AvgIpc) is 3.14. The molecule has 0 aliphatic carbocycles. The van der Waals surface area contributed by atoms with Crippen molar-refractivity contribution in [2.45, 2.75) is 12.5 Å². The third-order valence-electron chi connectivity index (χ3n) is 3.94. The van der Waals surface area contributed by atoms with Gasteiger partial charge >= 0.3 is 5.97 Å². The highest BCUT2D eigenvalue weighted by Crippen LogP contribution is 2.32. The Morgan fingerprint density at radius 1 is 1.43 bits per heavy atom. The first kappa shape index (κ1) is 15.0. The van der Waals surface area contributed by atoms with Gasteiger partial charge in [0.1, 0.15) is 0 Å². The number of carbonyl (C=O) groups is 1. The molecule has 3 heterocycles. The Morgan fingerprint density at radius 2 is 2.19 bits per heavy atom. The van der Waals surface area contributed by atoms with Crippen molar-refractivity contribution in [3.05, 3.63) is 10.0 Å². The molecule has 1 unspecified atom stereocenters. The molecule has 6 nitrogen and oxygen atoms in total. The van der Waals surface area contributed by atoms with E-state index >= 15 is 0 Å². The van der Waals surface area contributed by atoms with E-state index in [0.29, 0.717) is 10.9 Å². The smallest absolute Gasteiger partial charge is 0.351 e. The molecule has 0 bridgehead atoms. The SMILES string of the molecule is COC(=O)c1sc(N2CCC(N3CCOCC3)C2)nc1Cl. The van der Waals surface area contributed by atoms with Crippen molar-refractivity contribution < 1.29 is 14.3 Å². The lowest BCUT2D eigenvalue weighted by Crippen LogP contribution is -2.44. The van der Waals surface area contributed by atoms with E-state index in [2.05, 4.69) is 14.8 Å². The second-order valence-corrected chi connectivity index (χ2v) is 6.48. The Kier molecular flexibility index (Phi) is 4.63. The van der Waals surface area contributed by atoms with Gasteiger partial charge in [-0.3, -0.25) is 4.90 Å². The summed E-state index contributed by atoms with van der Waals surface area (Å²) in [4.78, 5) is 21.0. The van der Waals surface area contributed by atoms with Crippen molar-refractivity contribution in [1.29, 1.82) is 0 Å². The van der Waals surface area contributed by atoms with E-state index in [9.17, 15) is 4.79 Å². The Balaban J connectivity index is 1.67. The molecule has 2 fully saturated rings. The Bertz CT molecular complexity index is 519. The Morgan fingerprint density at radius 3 is 2.90 bits per heavy atom. The van der Waals surface area contributed by atoms with Crippen molar-refractivity contribution in [1.82, 2.24) is 9.88 Å². The maximum absolute atomic E-state index is 11.6. The minimum atomic E-state index is -0.423. The lowest BCUT2D eigenvalue weighted by molar-refractivity contribution is 0.0209. The third-order valence-corrected chi connectivity index (χ3v) is 5.42. The summed E-state index contributed by atoms with van der Waals surface area (Å²) in [6, 6.07) is 0.526. The second-order valence-electron chi connectivity index (χ2n) is 5.14. The van der Waals surface area contributed by atoms with Crippen molar-refractivity contribution >= 4 is 34.0 Å². The molecule has 116 valence electrons. The lowest BCUT2D eigenvalue weighted by atomic mass is 10.2. The topological polar surface area (TPSA) is 54.9 Å². The van der Waals surface area contributed by atoms with Crippen molar-refractivity contribution in [3.8, 4) is 0 Å². The number of anilines is 1. The predicted octanol–water partition coefficient (Wildman–Crippen LogP) is 1.49. The number of halogens is 1. The van der Waals surface area contributed by atoms with Gasteiger partial charge < -0.3 is 14.4 Å². The largest absolute Gasteiger partial charge is 0.465 e. The first-order valence-corrected chi connectivity index (χ1v) is 8.20. The van der Waals surface area contributed by atoms with Crippen LogP contribution in [-0.2, 0) is 9.47 Å². The number of thiazole rings is 1. The molecule has 0 aromatic carbocycles. The molecule has 21 heavy (non-hydrogen) atoms. The summed E-state index contributed by atoms with van der Waals surface area (Å²) < 4.78 is 10.1. The van der Waals surface area contributed by atoms with Crippen LogP contribution in [-0.4, -0.2) is 68.4 Å². The van der Waals surface area contributed by atoms with Gasteiger partial charge in [0.05, 0.1) is 20.3 Å². The molecular weight excluding hydrogens is 314 g/mol. The minimum Gasteiger partial charge on any atom is -0.465 e. The van der Waals surface area contributed by atoms with Crippen LogP contribution in [0.4, 0.5) is 5.13 Å². The number of hydrogen-bond acceptors (Lipinski definition) is 7. The lowest BCUT2D eigenvalue weighted by Gasteiger charge is -2.32. The Labute approximate surface area is 132 Å². The van der Waals surface area contributed by atoms with Crippen LogP contribution in [0.1, 0.15) is 16.1 Å². The highest BCUT2D eigenvalue weighted by atomic mass is 35.5. The molecule has 0 amide bonds. The normalized spacial score (nSPS) is 23.5. The predicted molar refractivity (Wildman–Crippen MR) is 81.5 cm³/mol. The van der Waals surface area contributed by atoms with Crippen LogP contribution in [0.5, 0.6) is 0 Å². The number of hydrogen-bond donors (Lipinski definition) is 0. The van der Waals surface area contributed by atoms with Gasteiger partial charge in [0.2, 0.25) is 0 Å². The molecule has 1 aromatic rings. The standard InChI is InChI=1S/C13H18ClN3O3S/c1-19-12(18)10-11(14)15-13(21-10)17-3-2-9(8-17)16-4-6-20-7-5-16/h9H,2-8H2,1H3. The second kappa shape index (κ2) is 6.48. The summed E-state index contributed by atoms with van der Waals surface area (Å²) in [5.41, 5.74) is 0. The fraction of sp³-hybridized carbons (Fsp3) is 0.692. The van der Waals surface area contributed by atoms with E-state index in [0.717, 1.165) is 50.9 Å². The third kappa shape index (κ3) is 3.15. The minimum absolute atomic E-state index is 0.233. The zero-order chi connectivity index (χ0) is 14.8. The summed E-state index contributed by atoms with van der Waals surface area (Å²) >= 11 is 7.33. The van der Waals surface area contributed by atoms with Crippen molar-refractivity contribution in [2.75, 3.05) is 51.4 Å². The Hall–Kier alpha value is -0.890. The zero-order valence-corrected chi connectivity index (χ0v) is 13.5. The van der Waals surface area contributed by atoms with Gasteiger partial charge in [-0.15, -0.1) is 0 Å². The maximum Gasteiger partial charge on any atom is 0.351 e. The van der Waals surface area contributed by atoms with Gasteiger partial charge in [-0.2, -0.15) is 0 Å². The number of morpholine rings is 1. The summed E-state index contributed by atoms with van der Waals surface area (Å²) in [6.45, 7) is 5.46. The molecule has 1 atom stereocenters. The van der Waals surface area contributed by atoms with E-state index < -0.39 is 5.97 Å². The van der Waals surface area contributed by atoms with Gasteiger partial charge in [-0.05, 0) is 6.42 Å². The van der Waals surface area contributed by atoms with Crippen molar-refractivity contribution in [3.63, 3.8) is 0 Å². The van der Waals surface area contributed by atoms with E-state index in [1.807, 2.05) is 0 Å². The summed E-state index contributed by atoms with van der Waals surface area (Å²) in [6.07, 6.45) is 1.10. The van der Waals surface area contributed by atoms with Crippen LogP contribution in [0.2, 0.25) is 5.15 Å². The number of rotatable bonds is 3. The van der Waals surface area contributed by atoms with Gasteiger partial charge in [0.25, 0.3) is 0 Å². The molecule has 0 radical (unpaired) electrons. The van der Waals surface area contributed by atoms with E-state index in [1.54, 1.807) is 0 Å². The molecule has 3 rings (SSSR count). The first-order valence-electron chi connectivity index (χ1n) is 7.00. The number of aromatic nitrogens is 1. The van der Waals surface area contributed by atoms with Crippen LogP contribution in [0, 0.1) is 0 Å². The maximum atomic E-state index is 11.6. The number of esters is 1. The van der Waals surface area contributed by atoms with Crippen LogP contribution >= 0.6 is 22.9 Å². The van der Waals surface area contributed by atoms with Crippen LogP contribution < -0.4 is 4.90 Å². The van der Waals surface area contributed by atoms with Gasteiger partial charge in [-0.25, -0.2) is 9.78 Å². The molecule has 2 saturated heterocycles. The van der Waals surface area contributed by atoms with E-state index in [-0.39, 0.29) is 5.15 Å². The summed E-state index contributed by atoms with van der Waals surface area (Å²) in [5, 5.41) is 1.04. The van der Waals surface area contributed by atoms with E-state index in [1.165, 1.54) is 18.4 Å². The van der Waals surface area contributed by atoms with Crippen LogP contribution in [0.25, 0.3) is 0 Å². The monoisotopic (exact) mass is 331 g/mol. The van der Waals surface area contributed by atoms with E-state index in [4.69, 9.17) is 21.1 Å². The molecule has 2 aliphatic heterocycles. The number of ether oxygens (including phenoxy) is 2. The quantitative estimate of drug-likeness (QED) is 0.782. The van der Waals surface area contributed by atoms with Crippen LogP contribution in [0.3, 0.4) is 0 Å². The number of methoxy groups -OCH3 is 1. The average molecular weight is 332 g/mol. The van der Waals surface area contributed by atoms with Gasteiger partial charge in [0, 0.05) is 32.2 Å².